The number of rotatable bonds is 4. The largest absolute Gasteiger partial charge is 0.269 e. The van der Waals surface area contributed by atoms with Crippen molar-refractivity contribution in [2.45, 2.75) is 16.8 Å². The van der Waals surface area contributed by atoms with Crippen molar-refractivity contribution < 1.29 is 17.0 Å². The summed E-state index contributed by atoms with van der Waals surface area (Å²) >= 11 is 1.97. The number of hydrogen-bond donors (Lipinski definition) is 0. The number of hydrogen-bond acceptors (Lipinski definition) is 6. The molecule has 4 rings (SSSR count). The number of halogens is 2. The van der Waals surface area contributed by atoms with Crippen LogP contribution in [0.5, 0.6) is 0 Å². The normalized spacial score (nSPS) is 12.9. The highest BCUT2D eigenvalue weighted by Gasteiger charge is 2.24. The van der Waals surface area contributed by atoms with Crippen LogP contribution in [-0.2, 0) is 20.8 Å². The lowest BCUT2D eigenvalue weighted by atomic mass is 10.2. The zero-order chi connectivity index (χ0) is 21.6. The van der Waals surface area contributed by atoms with Gasteiger partial charge in [0.15, 0.2) is 11.5 Å². The first kappa shape index (κ1) is 21.0. The highest BCUT2D eigenvalue weighted by atomic mass is 127. The molecule has 0 aliphatic carbocycles. The topological polar surface area (TPSA) is 94.8 Å². The molecule has 1 aromatic carbocycles. The van der Waals surface area contributed by atoms with Gasteiger partial charge in [-0.15, -0.1) is 0 Å². The number of aromatic nitrogens is 4. The minimum atomic E-state index is -4.00. The molecule has 0 radical (unpaired) electrons. The highest BCUT2D eigenvalue weighted by Crippen LogP contribution is 2.31. The molecule has 0 fully saturated rings. The van der Waals surface area contributed by atoms with Gasteiger partial charge in [-0.05, 0) is 47.7 Å². The Bertz CT molecular complexity index is 1420. The van der Waals surface area contributed by atoms with Gasteiger partial charge in [0.1, 0.15) is 10.8 Å². The molecular formula is C19H14FIN4O3S2. The van der Waals surface area contributed by atoms with E-state index >= 15 is 0 Å². The third-order valence-electron chi connectivity index (χ3n) is 4.38. The lowest BCUT2D eigenvalue weighted by Gasteiger charge is -2.07. The molecule has 3 aromatic heterocycles. The van der Waals surface area contributed by atoms with Crippen molar-refractivity contribution in [1.82, 2.24) is 18.9 Å². The van der Waals surface area contributed by atoms with Gasteiger partial charge in [0, 0.05) is 29.6 Å². The van der Waals surface area contributed by atoms with E-state index in [-0.39, 0.29) is 27.3 Å². The lowest BCUT2D eigenvalue weighted by molar-refractivity contribution is 0.588. The summed E-state index contributed by atoms with van der Waals surface area (Å²) in [4.78, 5) is 12.6. The van der Waals surface area contributed by atoms with E-state index in [1.165, 1.54) is 36.8 Å². The first-order valence-corrected chi connectivity index (χ1v) is 12.6. The van der Waals surface area contributed by atoms with E-state index in [9.17, 15) is 17.0 Å². The number of nitrogens with zero attached hydrogens (tertiary/aromatic N) is 4. The fraction of sp³-hybridized carbons (Fsp3) is 0.105. The van der Waals surface area contributed by atoms with Crippen molar-refractivity contribution >= 4 is 54.4 Å². The Morgan fingerprint density at radius 3 is 2.50 bits per heavy atom. The smallest absolute Gasteiger partial charge is 0.253 e. The van der Waals surface area contributed by atoms with Crippen molar-refractivity contribution in [2.24, 2.45) is 0 Å². The third kappa shape index (κ3) is 3.65. The molecule has 7 nitrogen and oxygen atoms in total. The molecule has 0 spiro atoms. The zero-order valence-corrected chi connectivity index (χ0v) is 19.5. The van der Waals surface area contributed by atoms with Gasteiger partial charge >= 0.3 is 0 Å². The minimum absolute atomic E-state index is 0.0493. The van der Waals surface area contributed by atoms with Crippen LogP contribution in [0.15, 0.2) is 58.8 Å². The Morgan fingerprint density at radius 1 is 1.13 bits per heavy atom. The van der Waals surface area contributed by atoms with Gasteiger partial charge in [-0.2, -0.15) is 0 Å². The summed E-state index contributed by atoms with van der Waals surface area (Å²) < 4.78 is 54.1. The van der Waals surface area contributed by atoms with Crippen molar-refractivity contribution in [1.29, 1.82) is 0 Å². The molecule has 0 amide bonds. The molecule has 0 saturated carbocycles. The maximum Gasteiger partial charge on any atom is 0.269 e. The second-order valence-electron chi connectivity index (χ2n) is 6.48. The van der Waals surface area contributed by atoms with Gasteiger partial charge < -0.3 is 0 Å². The Kier molecular flexibility index (Phi) is 5.45. The summed E-state index contributed by atoms with van der Waals surface area (Å²) in [5.41, 5.74) is 1.24. The maximum atomic E-state index is 14.0. The van der Waals surface area contributed by atoms with Crippen molar-refractivity contribution in [3.05, 3.63) is 63.9 Å². The van der Waals surface area contributed by atoms with E-state index in [2.05, 4.69) is 15.0 Å². The van der Waals surface area contributed by atoms with E-state index in [1.54, 1.807) is 12.1 Å². The number of benzene rings is 1. The van der Waals surface area contributed by atoms with Crippen LogP contribution in [0.1, 0.15) is 5.56 Å². The molecule has 0 bridgehead atoms. The fourth-order valence-electron chi connectivity index (χ4n) is 2.92. The molecule has 4 aromatic rings. The number of fused-ring (bicyclic) bond motifs is 1. The Hall–Kier alpha value is -2.25. The Balaban J connectivity index is 2.00. The van der Waals surface area contributed by atoms with Gasteiger partial charge in [-0.1, -0.05) is 17.7 Å². The van der Waals surface area contributed by atoms with Crippen LogP contribution in [0.4, 0.5) is 4.39 Å². The lowest BCUT2D eigenvalue weighted by Crippen LogP contribution is -2.12. The van der Waals surface area contributed by atoms with E-state index in [1.807, 2.05) is 29.5 Å². The van der Waals surface area contributed by atoms with Gasteiger partial charge in [0.2, 0.25) is 0 Å². The average molecular weight is 556 g/mol. The molecule has 0 aliphatic rings. The van der Waals surface area contributed by atoms with Crippen molar-refractivity contribution in [2.75, 3.05) is 6.26 Å². The van der Waals surface area contributed by atoms with Gasteiger partial charge in [-0.25, -0.2) is 31.7 Å². The first-order valence-electron chi connectivity index (χ1n) is 8.53. The van der Waals surface area contributed by atoms with Crippen molar-refractivity contribution in [3.8, 4) is 11.4 Å². The van der Waals surface area contributed by atoms with Crippen LogP contribution in [0.2, 0.25) is 0 Å². The van der Waals surface area contributed by atoms with Crippen LogP contribution in [0.25, 0.3) is 22.4 Å². The highest BCUT2D eigenvalue weighted by molar-refractivity contribution is 14.1. The van der Waals surface area contributed by atoms with Crippen LogP contribution in [0, 0.1) is 16.3 Å². The molecular weight excluding hydrogens is 542 g/mol. The molecule has 154 valence electrons. The van der Waals surface area contributed by atoms with Gasteiger partial charge in [0.25, 0.3) is 10.0 Å². The third-order valence-corrected chi connectivity index (χ3v) is 8.06. The summed E-state index contributed by atoms with van der Waals surface area (Å²) in [7, 11) is -5.38. The summed E-state index contributed by atoms with van der Waals surface area (Å²) in [5.74, 6) is -0.491. The molecule has 30 heavy (non-hydrogen) atoms. The van der Waals surface area contributed by atoms with Gasteiger partial charge in [-0.3, -0.25) is 4.21 Å². The second kappa shape index (κ2) is 7.78. The van der Waals surface area contributed by atoms with Crippen molar-refractivity contribution in [3.63, 3.8) is 0 Å². The van der Waals surface area contributed by atoms with E-state index in [0.29, 0.717) is 8.60 Å². The van der Waals surface area contributed by atoms with E-state index in [0.717, 1.165) is 15.7 Å². The standard InChI is InChI=1S/C19H14FIN4O3S2/c1-11-3-5-13(6-4-11)30(27,28)25-10-15(14-7-12(20)8-23-18(14)25)17-22-9-16(21)19(24-17)29(2)26/h3-10H,1-2H3. The Labute approximate surface area is 188 Å². The maximum absolute atomic E-state index is 14.0. The number of pyridine rings is 1. The zero-order valence-electron chi connectivity index (χ0n) is 15.7. The van der Waals surface area contributed by atoms with Gasteiger partial charge in [0.05, 0.1) is 25.5 Å². The number of aryl methyl sites for hydroxylation is 1. The van der Waals surface area contributed by atoms with Crippen LogP contribution in [-0.4, -0.2) is 37.8 Å². The van der Waals surface area contributed by atoms with Crippen LogP contribution in [0.3, 0.4) is 0 Å². The molecule has 0 N–H and O–H groups in total. The summed E-state index contributed by atoms with van der Waals surface area (Å²) in [6.45, 7) is 1.85. The summed E-state index contributed by atoms with van der Waals surface area (Å²) in [6, 6.07) is 7.57. The van der Waals surface area contributed by atoms with E-state index < -0.39 is 26.6 Å². The SMILES string of the molecule is Cc1ccc(S(=O)(=O)n2cc(-c3ncc(I)c(S(C)=O)n3)c3cc(F)cnc32)cc1. The van der Waals surface area contributed by atoms with E-state index in [4.69, 9.17) is 0 Å². The molecule has 0 saturated heterocycles. The van der Waals surface area contributed by atoms with Crippen LogP contribution < -0.4 is 0 Å². The summed E-state index contributed by atoms with van der Waals surface area (Å²) in [6.07, 6.45) is 5.25. The quantitative estimate of drug-likeness (QED) is 0.282. The summed E-state index contributed by atoms with van der Waals surface area (Å²) in [5, 5.41) is 0.548. The average Bonchev–Trinajstić information content (AvgIpc) is 3.08. The fourth-order valence-corrected chi connectivity index (χ4v) is 5.98. The molecule has 1 unspecified atom stereocenters. The predicted octanol–water partition coefficient (Wildman–Crippen LogP) is 3.52. The first-order chi connectivity index (χ1) is 14.2. The molecule has 0 aliphatic heterocycles. The molecule has 3 heterocycles. The molecule has 11 heteroatoms. The Morgan fingerprint density at radius 2 is 1.83 bits per heavy atom. The predicted molar refractivity (Wildman–Crippen MR) is 120 cm³/mol. The van der Waals surface area contributed by atoms with Crippen LogP contribution >= 0.6 is 22.6 Å². The minimum Gasteiger partial charge on any atom is -0.253 e. The monoisotopic (exact) mass is 556 g/mol. The molecule has 1 atom stereocenters. The second-order valence-corrected chi connectivity index (χ2v) is 10.8.